The molecule has 19 heavy (non-hydrogen) atoms. The van der Waals surface area contributed by atoms with Gasteiger partial charge in [0.1, 0.15) is 0 Å². The number of nitrogens with zero attached hydrogens (tertiary/aromatic N) is 2. The highest BCUT2D eigenvalue weighted by Crippen LogP contribution is 2.22. The molecule has 1 unspecified atom stereocenters. The third-order valence-corrected chi connectivity index (χ3v) is 2.98. The number of rotatable bonds is 4. The first-order valence-electron chi connectivity index (χ1n) is 6.00. The summed E-state index contributed by atoms with van der Waals surface area (Å²) in [6.45, 7) is 3.94. The highest BCUT2D eigenvalue weighted by Gasteiger charge is 2.09. The minimum Gasteiger partial charge on any atom is -0.377 e. The van der Waals surface area contributed by atoms with E-state index in [1.807, 2.05) is 26.0 Å². The van der Waals surface area contributed by atoms with Crippen molar-refractivity contribution in [2.75, 3.05) is 5.32 Å². The Morgan fingerprint density at radius 3 is 2.53 bits per heavy atom. The van der Waals surface area contributed by atoms with Crippen molar-refractivity contribution < 1.29 is 4.92 Å². The predicted octanol–water partition coefficient (Wildman–Crippen LogP) is 3.47. The molecule has 0 radical (unpaired) electrons. The second kappa shape index (κ2) is 5.48. The number of pyridine rings is 1. The Bertz CT molecular complexity index is 581. The molecule has 1 heterocycles. The lowest BCUT2D eigenvalue weighted by Gasteiger charge is -2.16. The lowest BCUT2D eigenvalue weighted by Crippen LogP contribution is -2.08. The zero-order chi connectivity index (χ0) is 13.8. The van der Waals surface area contributed by atoms with Gasteiger partial charge in [-0.25, -0.2) is 0 Å². The summed E-state index contributed by atoms with van der Waals surface area (Å²) in [5.41, 5.74) is 2.99. The summed E-state index contributed by atoms with van der Waals surface area (Å²) >= 11 is 0. The number of hydrogen-bond acceptors (Lipinski definition) is 4. The Labute approximate surface area is 111 Å². The maximum Gasteiger partial charge on any atom is 0.269 e. The molecule has 0 fully saturated rings. The van der Waals surface area contributed by atoms with Crippen LogP contribution in [0, 0.1) is 17.0 Å². The van der Waals surface area contributed by atoms with Gasteiger partial charge < -0.3 is 5.32 Å². The average Bonchev–Trinajstić information content (AvgIpc) is 2.41. The van der Waals surface area contributed by atoms with Gasteiger partial charge in [-0.2, -0.15) is 0 Å². The van der Waals surface area contributed by atoms with Crippen molar-refractivity contribution in [1.29, 1.82) is 0 Å². The number of nitro groups is 1. The second-order valence-corrected chi connectivity index (χ2v) is 4.35. The summed E-state index contributed by atoms with van der Waals surface area (Å²) in [6, 6.07) is 10.5. The first-order chi connectivity index (χ1) is 9.08. The van der Waals surface area contributed by atoms with E-state index in [-0.39, 0.29) is 11.7 Å². The Morgan fingerprint density at radius 1 is 1.26 bits per heavy atom. The van der Waals surface area contributed by atoms with E-state index in [2.05, 4.69) is 10.3 Å². The molecule has 0 amide bonds. The zero-order valence-electron chi connectivity index (χ0n) is 10.8. The standard InChI is InChI=1S/C14H15N3O2/c1-10(16-14-4-3-9-15-11(14)2)12-5-7-13(8-6-12)17(18)19/h3-10,16H,1-2H3. The van der Waals surface area contributed by atoms with Crippen molar-refractivity contribution in [3.05, 3.63) is 64.0 Å². The van der Waals surface area contributed by atoms with E-state index in [1.165, 1.54) is 12.1 Å². The molecule has 0 spiro atoms. The van der Waals surface area contributed by atoms with Gasteiger partial charge in [0.2, 0.25) is 0 Å². The van der Waals surface area contributed by atoms with Crippen LogP contribution >= 0.6 is 0 Å². The number of benzene rings is 1. The van der Waals surface area contributed by atoms with Crippen LogP contribution in [-0.4, -0.2) is 9.91 Å². The molecule has 0 saturated carbocycles. The van der Waals surface area contributed by atoms with Gasteiger partial charge in [-0.1, -0.05) is 12.1 Å². The molecule has 1 aromatic carbocycles. The SMILES string of the molecule is Cc1ncccc1NC(C)c1ccc([N+](=O)[O-])cc1. The van der Waals surface area contributed by atoms with E-state index in [0.29, 0.717) is 0 Å². The van der Waals surface area contributed by atoms with Crippen LogP contribution in [0.4, 0.5) is 11.4 Å². The van der Waals surface area contributed by atoms with Crippen molar-refractivity contribution >= 4 is 11.4 Å². The summed E-state index contributed by atoms with van der Waals surface area (Å²) < 4.78 is 0. The highest BCUT2D eigenvalue weighted by molar-refractivity contribution is 5.49. The fourth-order valence-corrected chi connectivity index (χ4v) is 1.84. The lowest BCUT2D eigenvalue weighted by atomic mass is 10.1. The minimum absolute atomic E-state index is 0.0590. The number of nitrogens with one attached hydrogen (secondary N) is 1. The van der Waals surface area contributed by atoms with Crippen LogP contribution in [0.25, 0.3) is 0 Å². The van der Waals surface area contributed by atoms with E-state index >= 15 is 0 Å². The van der Waals surface area contributed by atoms with Crippen LogP contribution in [0.15, 0.2) is 42.6 Å². The van der Waals surface area contributed by atoms with Crippen LogP contribution in [0.2, 0.25) is 0 Å². The number of anilines is 1. The van der Waals surface area contributed by atoms with Gasteiger partial charge in [0.25, 0.3) is 5.69 Å². The van der Waals surface area contributed by atoms with Gasteiger partial charge in [0.15, 0.2) is 0 Å². The zero-order valence-corrected chi connectivity index (χ0v) is 10.8. The molecule has 0 aliphatic carbocycles. The fourth-order valence-electron chi connectivity index (χ4n) is 1.84. The van der Waals surface area contributed by atoms with Gasteiger partial charge in [0.05, 0.1) is 16.3 Å². The van der Waals surface area contributed by atoms with E-state index in [4.69, 9.17) is 0 Å². The molecule has 1 N–H and O–H groups in total. The number of nitro benzene ring substituents is 1. The van der Waals surface area contributed by atoms with Gasteiger partial charge in [-0.05, 0) is 31.5 Å². The molecule has 0 saturated heterocycles. The summed E-state index contributed by atoms with van der Waals surface area (Å²) in [7, 11) is 0. The minimum atomic E-state index is -0.396. The van der Waals surface area contributed by atoms with Crippen LogP contribution in [-0.2, 0) is 0 Å². The fraction of sp³-hybridized carbons (Fsp3) is 0.214. The van der Waals surface area contributed by atoms with Crippen molar-refractivity contribution in [3.63, 3.8) is 0 Å². The highest BCUT2D eigenvalue weighted by atomic mass is 16.6. The number of non-ortho nitro benzene ring substituents is 1. The normalized spacial score (nSPS) is 11.9. The van der Waals surface area contributed by atoms with Gasteiger partial charge >= 0.3 is 0 Å². The van der Waals surface area contributed by atoms with Crippen molar-refractivity contribution in [1.82, 2.24) is 4.98 Å². The smallest absolute Gasteiger partial charge is 0.269 e. The van der Waals surface area contributed by atoms with Crippen molar-refractivity contribution in [2.45, 2.75) is 19.9 Å². The van der Waals surface area contributed by atoms with E-state index < -0.39 is 4.92 Å². The van der Waals surface area contributed by atoms with E-state index in [1.54, 1.807) is 18.3 Å². The average molecular weight is 257 g/mol. The van der Waals surface area contributed by atoms with Crippen LogP contribution in [0.1, 0.15) is 24.2 Å². The summed E-state index contributed by atoms with van der Waals surface area (Å²) in [4.78, 5) is 14.4. The molecule has 2 rings (SSSR count). The molecule has 1 aromatic heterocycles. The Hall–Kier alpha value is -2.43. The molecule has 1 atom stereocenters. The number of aromatic nitrogens is 1. The molecule has 98 valence electrons. The summed E-state index contributed by atoms with van der Waals surface area (Å²) in [6.07, 6.45) is 1.75. The molecular weight excluding hydrogens is 242 g/mol. The third kappa shape index (κ3) is 3.07. The van der Waals surface area contributed by atoms with E-state index in [9.17, 15) is 10.1 Å². The van der Waals surface area contributed by atoms with Gasteiger partial charge in [-0.15, -0.1) is 0 Å². The maximum atomic E-state index is 10.6. The van der Waals surface area contributed by atoms with E-state index in [0.717, 1.165) is 16.9 Å². The van der Waals surface area contributed by atoms with Crippen LogP contribution in [0.3, 0.4) is 0 Å². The molecule has 0 aliphatic rings. The molecule has 0 bridgehead atoms. The molecule has 2 aromatic rings. The predicted molar refractivity (Wildman–Crippen MR) is 74.1 cm³/mol. The Kier molecular flexibility index (Phi) is 3.75. The second-order valence-electron chi connectivity index (χ2n) is 4.35. The number of hydrogen-bond donors (Lipinski definition) is 1. The van der Waals surface area contributed by atoms with Crippen LogP contribution < -0.4 is 5.32 Å². The largest absolute Gasteiger partial charge is 0.377 e. The van der Waals surface area contributed by atoms with Crippen molar-refractivity contribution in [3.8, 4) is 0 Å². The summed E-state index contributed by atoms with van der Waals surface area (Å²) in [5, 5.41) is 13.9. The maximum absolute atomic E-state index is 10.6. The molecule has 0 aliphatic heterocycles. The molecule has 5 nitrogen and oxygen atoms in total. The van der Waals surface area contributed by atoms with Gasteiger partial charge in [0, 0.05) is 24.4 Å². The van der Waals surface area contributed by atoms with Gasteiger partial charge in [-0.3, -0.25) is 15.1 Å². The molecule has 5 heteroatoms. The van der Waals surface area contributed by atoms with Crippen LogP contribution in [0.5, 0.6) is 0 Å². The number of aryl methyl sites for hydroxylation is 1. The Morgan fingerprint density at radius 2 is 1.95 bits per heavy atom. The summed E-state index contributed by atoms with van der Waals surface area (Å²) in [5.74, 6) is 0. The first kappa shape index (κ1) is 13.0. The first-order valence-corrected chi connectivity index (χ1v) is 6.00. The molecular formula is C14H15N3O2. The monoisotopic (exact) mass is 257 g/mol. The van der Waals surface area contributed by atoms with Crippen molar-refractivity contribution in [2.24, 2.45) is 0 Å². The third-order valence-electron chi connectivity index (χ3n) is 2.98. The topological polar surface area (TPSA) is 68.1 Å². The Balaban J connectivity index is 2.14. The quantitative estimate of drug-likeness (QED) is 0.672. The lowest BCUT2D eigenvalue weighted by molar-refractivity contribution is -0.384.